The number of aryl methyl sites for hydroxylation is 2. The van der Waals surface area contributed by atoms with Gasteiger partial charge in [0.05, 0.1) is 5.92 Å². The summed E-state index contributed by atoms with van der Waals surface area (Å²) in [4.78, 5) is 3.94. The van der Waals surface area contributed by atoms with Gasteiger partial charge in [0.25, 0.3) is 0 Å². The Labute approximate surface area is 147 Å². The molecule has 1 aliphatic heterocycles. The first-order valence-corrected chi connectivity index (χ1v) is 8.27. The predicted molar refractivity (Wildman–Crippen MR) is 85.3 cm³/mol. The van der Waals surface area contributed by atoms with Crippen LogP contribution >= 0.6 is 0 Å². The van der Waals surface area contributed by atoms with E-state index in [0.717, 1.165) is 22.8 Å². The Bertz CT molecular complexity index is 931. The Kier molecular flexibility index (Phi) is 4.01. The summed E-state index contributed by atoms with van der Waals surface area (Å²) in [6.07, 6.45) is -4.21. The Morgan fingerprint density at radius 2 is 2.12 bits per heavy atom. The largest absolute Gasteiger partial charge is 0.396 e. The average Bonchev–Trinajstić information content (AvgIpc) is 3.19. The Morgan fingerprint density at radius 1 is 1.27 bits per heavy atom. The van der Waals surface area contributed by atoms with E-state index in [2.05, 4.69) is 20.3 Å². The van der Waals surface area contributed by atoms with Gasteiger partial charge in [-0.3, -0.25) is 0 Å². The monoisotopic (exact) mass is 363 g/mol. The molecule has 3 aromatic rings. The third kappa shape index (κ3) is 3.33. The molecule has 9 heteroatoms. The fraction of sp³-hybridized carbons (Fsp3) is 0.412. The maximum Gasteiger partial charge on any atom is 0.396 e. The minimum absolute atomic E-state index is 0.156. The number of hydrogen-bond acceptors (Lipinski definition) is 5. The van der Waals surface area contributed by atoms with Crippen molar-refractivity contribution in [2.75, 3.05) is 0 Å². The Hall–Kier alpha value is -2.71. The number of halogens is 3. The summed E-state index contributed by atoms with van der Waals surface area (Å²) in [5.74, 6) is 1.34. The van der Waals surface area contributed by atoms with Gasteiger partial charge in [0.1, 0.15) is 12.2 Å². The van der Waals surface area contributed by atoms with E-state index in [4.69, 9.17) is 4.52 Å². The number of alkyl halides is 3. The summed E-state index contributed by atoms with van der Waals surface area (Å²) < 4.78 is 44.5. The van der Waals surface area contributed by atoms with E-state index in [1.807, 2.05) is 35.8 Å². The van der Waals surface area contributed by atoms with E-state index in [-0.39, 0.29) is 17.6 Å². The summed E-state index contributed by atoms with van der Waals surface area (Å²) in [6, 6.07) is 7.94. The van der Waals surface area contributed by atoms with Crippen LogP contribution in [-0.2, 0) is 19.4 Å². The molecule has 0 radical (unpaired) electrons. The van der Waals surface area contributed by atoms with Gasteiger partial charge < -0.3 is 9.09 Å². The first kappa shape index (κ1) is 16.7. The molecule has 0 saturated heterocycles. The molecule has 0 N–H and O–H groups in total. The SMILES string of the molecule is Cc1cccc(-c2nnc3n2CC(c2nc(CC(F)(F)F)no2)CC3)c1. The molecule has 3 heterocycles. The van der Waals surface area contributed by atoms with Crippen molar-refractivity contribution in [3.05, 3.63) is 47.4 Å². The molecule has 4 rings (SSSR count). The summed E-state index contributed by atoms with van der Waals surface area (Å²) in [5, 5.41) is 12.0. The molecule has 6 nitrogen and oxygen atoms in total. The molecule has 0 aliphatic carbocycles. The van der Waals surface area contributed by atoms with Crippen LogP contribution in [0.3, 0.4) is 0 Å². The fourth-order valence-corrected chi connectivity index (χ4v) is 3.21. The van der Waals surface area contributed by atoms with Gasteiger partial charge in [-0.2, -0.15) is 18.2 Å². The molecular weight excluding hydrogens is 347 g/mol. The van der Waals surface area contributed by atoms with Crippen LogP contribution in [0, 0.1) is 6.92 Å². The van der Waals surface area contributed by atoms with Crippen LogP contribution in [0.1, 0.15) is 35.4 Å². The number of aromatic nitrogens is 5. The average molecular weight is 363 g/mol. The Morgan fingerprint density at radius 3 is 2.88 bits per heavy atom. The summed E-state index contributed by atoms with van der Waals surface area (Å²) in [7, 11) is 0. The van der Waals surface area contributed by atoms with Crippen LogP contribution < -0.4 is 0 Å². The molecule has 1 atom stereocenters. The first-order chi connectivity index (χ1) is 12.4. The van der Waals surface area contributed by atoms with E-state index in [0.29, 0.717) is 19.4 Å². The minimum Gasteiger partial charge on any atom is -0.339 e. The Balaban J connectivity index is 1.59. The molecule has 0 fully saturated rings. The summed E-state index contributed by atoms with van der Waals surface area (Å²) >= 11 is 0. The van der Waals surface area contributed by atoms with Gasteiger partial charge in [-0.05, 0) is 19.4 Å². The molecule has 0 spiro atoms. The van der Waals surface area contributed by atoms with Crippen LogP contribution in [0.4, 0.5) is 13.2 Å². The lowest BCUT2D eigenvalue weighted by Gasteiger charge is -2.21. The van der Waals surface area contributed by atoms with E-state index in [1.165, 1.54) is 0 Å². The molecule has 26 heavy (non-hydrogen) atoms. The van der Waals surface area contributed by atoms with Crippen molar-refractivity contribution in [3.8, 4) is 11.4 Å². The van der Waals surface area contributed by atoms with Crippen LogP contribution in [0.5, 0.6) is 0 Å². The van der Waals surface area contributed by atoms with Crippen molar-refractivity contribution in [1.29, 1.82) is 0 Å². The van der Waals surface area contributed by atoms with Crippen molar-refractivity contribution in [2.45, 2.75) is 44.8 Å². The number of fused-ring (bicyclic) bond motifs is 1. The fourth-order valence-electron chi connectivity index (χ4n) is 3.21. The second-order valence-corrected chi connectivity index (χ2v) is 6.50. The van der Waals surface area contributed by atoms with Gasteiger partial charge in [-0.15, -0.1) is 10.2 Å². The third-order valence-corrected chi connectivity index (χ3v) is 4.41. The quantitative estimate of drug-likeness (QED) is 0.713. The smallest absolute Gasteiger partial charge is 0.339 e. The van der Waals surface area contributed by atoms with Crippen LogP contribution in [0.25, 0.3) is 11.4 Å². The highest BCUT2D eigenvalue weighted by Gasteiger charge is 2.33. The lowest BCUT2D eigenvalue weighted by molar-refractivity contribution is -0.128. The van der Waals surface area contributed by atoms with Gasteiger partial charge in [-0.1, -0.05) is 28.9 Å². The second kappa shape index (κ2) is 6.22. The van der Waals surface area contributed by atoms with Crippen molar-refractivity contribution in [1.82, 2.24) is 24.9 Å². The van der Waals surface area contributed by atoms with Crippen LogP contribution in [-0.4, -0.2) is 31.1 Å². The van der Waals surface area contributed by atoms with Crippen molar-refractivity contribution in [3.63, 3.8) is 0 Å². The van der Waals surface area contributed by atoms with Crippen molar-refractivity contribution < 1.29 is 17.7 Å². The number of benzene rings is 1. The normalized spacial score (nSPS) is 17.3. The van der Waals surface area contributed by atoms with Gasteiger partial charge in [0.15, 0.2) is 11.6 Å². The number of hydrogen-bond donors (Lipinski definition) is 0. The first-order valence-electron chi connectivity index (χ1n) is 8.27. The molecule has 0 bridgehead atoms. The van der Waals surface area contributed by atoms with Gasteiger partial charge in [0.2, 0.25) is 5.89 Å². The highest BCUT2D eigenvalue weighted by molar-refractivity contribution is 5.56. The summed E-state index contributed by atoms with van der Waals surface area (Å²) in [5.41, 5.74) is 2.06. The zero-order chi connectivity index (χ0) is 18.3. The van der Waals surface area contributed by atoms with Gasteiger partial charge in [0, 0.05) is 18.5 Å². The van der Waals surface area contributed by atoms with Crippen LogP contribution in [0.2, 0.25) is 0 Å². The van der Waals surface area contributed by atoms with Gasteiger partial charge >= 0.3 is 6.18 Å². The lowest BCUT2D eigenvalue weighted by Crippen LogP contribution is -2.20. The third-order valence-electron chi connectivity index (χ3n) is 4.41. The number of rotatable bonds is 3. The molecule has 136 valence electrons. The minimum atomic E-state index is -4.35. The maximum atomic E-state index is 12.5. The molecule has 1 aromatic carbocycles. The van der Waals surface area contributed by atoms with Crippen molar-refractivity contribution in [2.24, 2.45) is 0 Å². The zero-order valence-corrected chi connectivity index (χ0v) is 14.0. The zero-order valence-electron chi connectivity index (χ0n) is 14.0. The van der Waals surface area contributed by atoms with Crippen LogP contribution in [0.15, 0.2) is 28.8 Å². The standard InChI is InChI=1S/C17H16F3N5O/c1-10-3-2-4-11(7-10)15-23-22-14-6-5-12(9-25(14)15)16-21-13(24-26-16)8-17(18,19)20/h2-4,7,12H,5-6,8-9H2,1H3. The summed E-state index contributed by atoms with van der Waals surface area (Å²) in [6.45, 7) is 2.50. The van der Waals surface area contributed by atoms with E-state index in [9.17, 15) is 13.2 Å². The predicted octanol–water partition coefficient (Wildman–Crippen LogP) is 3.47. The molecule has 1 aliphatic rings. The molecule has 0 amide bonds. The maximum absolute atomic E-state index is 12.5. The molecule has 2 aromatic heterocycles. The van der Waals surface area contributed by atoms with Gasteiger partial charge in [-0.25, -0.2) is 0 Å². The highest BCUT2D eigenvalue weighted by Crippen LogP contribution is 2.31. The highest BCUT2D eigenvalue weighted by atomic mass is 19.4. The molecular formula is C17H16F3N5O. The van der Waals surface area contributed by atoms with E-state index >= 15 is 0 Å². The number of nitrogens with zero attached hydrogens (tertiary/aromatic N) is 5. The topological polar surface area (TPSA) is 69.6 Å². The second-order valence-electron chi connectivity index (χ2n) is 6.50. The van der Waals surface area contributed by atoms with E-state index in [1.54, 1.807) is 0 Å². The van der Waals surface area contributed by atoms with E-state index < -0.39 is 12.6 Å². The lowest BCUT2D eigenvalue weighted by atomic mass is 9.99. The molecule has 0 saturated carbocycles. The van der Waals surface area contributed by atoms with Crippen molar-refractivity contribution >= 4 is 0 Å². The molecule has 1 unspecified atom stereocenters.